The van der Waals surface area contributed by atoms with Crippen LogP contribution in [0.2, 0.25) is 0 Å². The molecule has 0 saturated carbocycles. The van der Waals surface area contributed by atoms with Crippen LogP contribution in [-0.4, -0.2) is 55.1 Å². The first-order valence-corrected chi connectivity index (χ1v) is 6.75. The first kappa shape index (κ1) is 13.6. The first-order chi connectivity index (χ1) is 8.58. The molecule has 4 heteroatoms. The molecule has 18 heavy (non-hydrogen) atoms. The van der Waals surface area contributed by atoms with Gasteiger partial charge in [-0.2, -0.15) is 0 Å². The Morgan fingerprint density at radius 3 is 2.61 bits per heavy atom. The fraction of sp³-hybridized carbons (Fsp3) is 0.714. The zero-order valence-corrected chi connectivity index (χ0v) is 11.8. The Labute approximate surface area is 110 Å². The minimum absolute atomic E-state index is 0.202. The van der Waals surface area contributed by atoms with E-state index in [2.05, 4.69) is 36.0 Å². The number of furan rings is 1. The summed E-state index contributed by atoms with van der Waals surface area (Å²) in [7, 11) is 2.19. The maximum Gasteiger partial charge on any atom is 0.117 e. The van der Waals surface area contributed by atoms with Crippen LogP contribution in [0.25, 0.3) is 0 Å². The average Bonchev–Trinajstić information content (AvgIpc) is 2.82. The fourth-order valence-corrected chi connectivity index (χ4v) is 2.43. The van der Waals surface area contributed by atoms with E-state index in [1.807, 2.05) is 12.1 Å². The topological polar surface area (TPSA) is 31.6 Å². The summed E-state index contributed by atoms with van der Waals surface area (Å²) in [6.07, 6.45) is 1.72. The van der Waals surface area contributed by atoms with E-state index >= 15 is 0 Å². The van der Waals surface area contributed by atoms with Crippen LogP contribution >= 0.6 is 0 Å². The Morgan fingerprint density at radius 1 is 1.28 bits per heavy atom. The van der Waals surface area contributed by atoms with Crippen molar-refractivity contribution in [1.29, 1.82) is 0 Å². The van der Waals surface area contributed by atoms with E-state index in [1.165, 1.54) is 13.1 Å². The van der Waals surface area contributed by atoms with Gasteiger partial charge in [-0.05, 0) is 33.0 Å². The maximum absolute atomic E-state index is 5.33. The Morgan fingerprint density at radius 2 is 2.00 bits per heavy atom. The molecule has 0 bridgehead atoms. The number of nitrogens with one attached hydrogen (secondary N) is 1. The Bertz CT molecular complexity index is 340. The van der Waals surface area contributed by atoms with Gasteiger partial charge in [0, 0.05) is 38.3 Å². The van der Waals surface area contributed by atoms with Gasteiger partial charge in [-0.3, -0.25) is 4.90 Å². The SMILES string of the molecule is CN1CCN(C(C)(C)CNCc2ccco2)CC1. The van der Waals surface area contributed by atoms with E-state index in [-0.39, 0.29) is 5.54 Å². The van der Waals surface area contributed by atoms with Crippen molar-refractivity contribution in [1.82, 2.24) is 15.1 Å². The maximum atomic E-state index is 5.33. The molecule has 0 atom stereocenters. The van der Waals surface area contributed by atoms with Gasteiger partial charge in [0.15, 0.2) is 0 Å². The van der Waals surface area contributed by atoms with Crippen molar-refractivity contribution in [2.75, 3.05) is 39.8 Å². The van der Waals surface area contributed by atoms with Crippen molar-refractivity contribution >= 4 is 0 Å². The highest BCUT2D eigenvalue weighted by Gasteiger charge is 2.28. The van der Waals surface area contributed by atoms with Crippen molar-refractivity contribution in [3.05, 3.63) is 24.2 Å². The summed E-state index contributed by atoms with van der Waals surface area (Å²) in [5.41, 5.74) is 0.202. The molecule has 1 N–H and O–H groups in total. The lowest BCUT2D eigenvalue weighted by atomic mass is 10.0. The molecule has 0 radical (unpaired) electrons. The third kappa shape index (κ3) is 3.57. The molecular weight excluding hydrogens is 226 g/mol. The van der Waals surface area contributed by atoms with Gasteiger partial charge < -0.3 is 14.6 Å². The molecule has 0 aromatic carbocycles. The summed E-state index contributed by atoms with van der Waals surface area (Å²) in [5.74, 6) is 1.00. The minimum Gasteiger partial charge on any atom is -0.468 e. The second kappa shape index (κ2) is 5.87. The summed E-state index contributed by atoms with van der Waals surface area (Å²) >= 11 is 0. The highest BCUT2D eigenvalue weighted by Crippen LogP contribution is 2.15. The summed E-state index contributed by atoms with van der Waals surface area (Å²) in [4.78, 5) is 4.96. The minimum atomic E-state index is 0.202. The van der Waals surface area contributed by atoms with Gasteiger partial charge in [0.05, 0.1) is 12.8 Å². The first-order valence-electron chi connectivity index (χ1n) is 6.75. The molecule has 1 aromatic rings. The smallest absolute Gasteiger partial charge is 0.117 e. The number of rotatable bonds is 5. The van der Waals surface area contributed by atoms with Crippen LogP contribution in [0.1, 0.15) is 19.6 Å². The van der Waals surface area contributed by atoms with E-state index in [0.29, 0.717) is 0 Å². The van der Waals surface area contributed by atoms with Gasteiger partial charge in [0.1, 0.15) is 5.76 Å². The molecular formula is C14H25N3O. The molecule has 0 unspecified atom stereocenters. The van der Waals surface area contributed by atoms with E-state index in [0.717, 1.165) is 31.9 Å². The lowest BCUT2D eigenvalue weighted by Crippen LogP contribution is -2.57. The molecule has 1 saturated heterocycles. The third-order valence-corrected chi connectivity index (χ3v) is 3.80. The molecule has 1 aromatic heterocycles. The summed E-state index contributed by atoms with van der Waals surface area (Å²) < 4.78 is 5.33. The summed E-state index contributed by atoms with van der Waals surface area (Å²) in [6, 6.07) is 3.94. The predicted octanol–water partition coefficient (Wildman–Crippen LogP) is 1.40. The van der Waals surface area contributed by atoms with Crippen molar-refractivity contribution in [3.63, 3.8) is 0 Å². The van der Waals surface area contributed by atoms with Gasteiger partial charge in [0.2, 0.25) is 0 Å². The second-order valence-electron chi connectivity index (χ2n) is 5.79. The molecule has 4 nitrogen and oxygen atoms in total. The van der Waals surface area contributed by atoms with E-state index in [1.54, 1.807) is 6.26 Å². The zero-order valence-electron chi connectivity index (χ0n) is 11.8. The van der Waals surface area contributed by atoms with Crippen LogP contribution < -0.4 is 5.32 Å². The van der Waals surface area contributed by atoms with Crippen molar-refractivity contribution in [2.45, 2.75) is 25.9 Å². The molecule has 0 aliphatic carbocycles. The van der Waals surface area contributed by atoms with Gasteiger partial charge in [-0.15, -0.1) is 0 Å². The molecule has 0 spiro atoms. The van der Waals surface area contributed by atoms with Crippen molar-refractivity contribution in [3.8, 4) is 0 Å². The summed E-state index contributed by atoms with van der Waals surface area (Å²) in [6.45, 7) is 11.1. The molecule has 1 aliphatic rings. The molecule has 2 heterocycles. The third-order valence-electron chi connectivity index (χ3n) is 3.80. The molecule has 102 valence electrons. The van der Waals surface area contributed by atoms with Gasteiger partial charge in [-0.25, -0.2) is 0 Å². The lowest BCUT2D eigenvalue weighted by Gasteiger charge is -2.43. The molecule has 0 amide bonds. The van der Waals surface area contributed by atoms with Crippen LogP contribution in [0.4, 0.5) is 0 Å². The predicted molar refractivity (Wildman–Crippen MR) is 73.6 cm³/mol. The highest BCUT2D eigenvalue weighted by molar-refractivity contribution is 4.98. The monoisotopic (exact) mass is 251 g/mol. The van der Waals surface area contributed by atoms with Gasteiger partial charge in [-0.1, -0.05) is 0 Å². The number of piperazine rings is 1. The van der Waals surface area contributed by atoms with Crippen LogP contribution in [-0.2, 0) is 6.54 Å². The van der Waals surface area contributed by atoms with Crippen molar-refractivity contribution < 1.29 is 4.42 Å². The molecule has 1 aliphatic heterocycles. The van der Waals surface area contributed by atoms with Gasteiger partial charge >= 0.3 is 0 Å². The second-order valence-corrected chi connectivity index (χ2v) is 5.79. The molecule has 2 rings (SSSR count). The van der Waals surface area contributed by atoms with E-state index in [9.17, 15) is 0 Å². The van der Waals surface area contributed by atoms with Crippen LogP contribution in [0.3, 0.4) is 0 Å². The Hall–Kier alpha value is -0.840. The standard InChI is InChI=1S/C14H25N3O/c1-14(2,17-8-6-16(3)7-9-17)12-15-11-13-5-4-10-18-13/h4-5,10,15H,6-9,11-12H2,1-3H3. The Kier molecular flexibility index (Phi) is 4.43. The van der Waals surface area contributed by atoms with E-state index in [4.69, 9.17) is 4.42 Å². The lowest BCUT2D eigenvalue weighted by molar-refractivity contribution is 0.0615. The van der Waals surface area contributed by atoms with Crippen molar-refractivity contribution in [2.24, 2.45) is 0 Å². The molecule has 1 fully saturated rings. The summed E-state index contributed by atoms with van der Waals surface area (Å²) in [5, 5.41) is 3.49. The highest BCUT2D eigenvalue weighted by atomic mass is 16.3. The van der Waals surface area contributed by atoms with Gasteiger partial charge in [0.25, 0.3) is 0 Å². The number of hydrogen-bond donors (Lipinski definition) is 1. The number of hydrogen-bond acceptors (Lipinski definition) is 4. The number of likely N-dealkylation sites (N-methyl/N-ethyl adjacent to an activating group) is 1. The fourth-order valence-electron chi connectivity index (χ4n) is 2.43. The zero-order chi connectivity index (χ0) is 13.0. The Balaban J connectivity index is 1.76. The quantitative estimate of drug-likeness (QED) is 0.857. The number of nitrogens with zero attached hydrogens (tertiary/aromatic N) is 2. The average molecular weight is 251 g/mol. The van der Waals surface area contributed by atoms with Crippen LogP contribution in [0.5, 0.6) is 0 Å². The largest absolute Gasteiger partial charge is 0.468 e. The van der Waals surface area contributed by atoms with Crippen LogP contribution in [0.15, 0.2) is 22.8 Å². The van der Waals surface area contributed by atoms with E-state index < -0.39 is 0 Å². The normalized spacial score (nSPS) is 19.3. The van der Waals surface area contributed by atoms with Crippen LogP contribution in [0, 0.1) is 0 Å².